The Morgan fingerprint density at radius 2 is 1.93 bits per heavy atom. The molecule has 3 nitrogen and oxygen atoms in total. The summed E-state index contributed by atoms with van der Waals surface area (Å²) in [6.45, 7) is 3.28. The summed E-state index contributed by atoms with van der Waals surface area (Å²) in [4.78, 5) is 0. The van der Waals surface area contributed by atoms with Crippen LogP contribution in [0.15, 0.2) is 16.6 Å². The van der Waals surface area contributed by atoms with Gasteiger partial charge in [-0.15, -0.1) is 0 Å². The highest BCUT2D eigenvalue weighted by Crippen LogP contribution is 2.37. The fourth-order valence-corrected chi connectivity index (χ4v) is 2.20. The molecular weight excluding hydrogens is 258 g/mol. The van der Waals surface area contributed by atoms with Gasteiger partial charge in [-0.3, -0.25) is 0 Å². The summed E-state index contributed by atoms with van der Waals surface area (Å²) in [6.07, 6.45) is 0.901. The highest BCUT2D eigenvalue weighted by atomic mass is 79.9. The van der Waals surface area contributed by atoms with Crippen LogP contribution in [0.4, 0.5) is 0 Å². The molecule has 2 N–H and O–H groups in total. The van der Waals surface area contributed by atoms with Gasteiger partial charge in [-0.25, -0.2) is 0 Å². The van der Waals surface area contributed by atoms with Gasteiger partial charge in [0.25, 0.3) is 0 Å². The predicted octanol–water partition coefficient (Wildman–Crippen LogP) is 2.63. The van der Waals surface area contributed by atoms with E-state index in [9.17, 15) is 0 Å². The fourth-order valence-electron chi connectivity index (χ4n) is 1.58. The first-order chi connectivity index (χ1) is 7.22. The summed E-state index contributed by atoms with van der Waals surface area (Å²) in [7, 11) is 0. The number of hydrogen-bond donors (Lipinski definition) is 1. The normalized spacial score (nSPS) is 16.2. The van der Waals surface area contributed by atoms with Crippen molar-refractivity contribution in [2.75, 3.05) is 13.2 Å². The van der Waals surface area contributed by atoms with Gasteiger partial charge in [-0.05, 0) is 24.1 Å². The van der Waals surface area contributed by atoms with Crippen LogP contribution in [-0.4, -0.2) is 13.2 Å². The molecule has 0 radical (unpaired) electrons. The lowest BCUT2D eigenvalue weighted by Crippen LogP contribution is -2.17. The number of ether oxygens (including phenoxy) is 2. The van der Waals surface area contributed by atoms with Crippen LogP contribution in [0, 0.1) is 0 Å². The maximum atomic E-state index is 6.00. The third kappa shape index (κ3) is 2.11. The van der Waals surface area contributed by atoms with Crippen molar-refractivity contribution in [3.05, 3.63) is 22.2 Å². The van der Waals surface area contributed by atoms with E-state index in [1.54, 1.807) is 0 Å². The summed E-state index contributed by atoms with van der Waals surface area (Å²) in [5.74, 6) is 1.59. The summed E-state index contributed by atoms with van der Waals surface area (Å²) in [6, 6.07) is 3.93. The van der Waals surface area contributed by atoms with Gasteiger partial charge in [-0.1, -0.05) is 22.9 Å². The molecule has 0 saturated heterocycles. The first kappa shape index (κ1) is 10.8. The number of halogens is 1. The molecule has 0 aromatic heterocycles. The van der Waals surface area contributed by atoms with E-state index in [2.05, 4.69) is 22.9 Å². The van der Waals surface area contributed by atoms with Gasteiger partial charge in [0.05, 0.1) is 0 Å². The lowest BCUT2D eigenvalue weighted by molar-refractivity contribution is 0.171. The fraction of sp³-hybridized carbons (Fsp3) is 0.455. The Balaban J connectivity index is 2.40. The second-order valence-corrected chi connectivity index (χ2v) is 4.39. The summed E-state index contributed by atoms with van der Waals surface area (Å²) >= 11 is 3.50. The minimum atomic E-state index is 0.0372. The molecule has 0 unspecified atom stereocenters. The van der Waals surface area contributed by atoms with E-state index in [1.807, 2.05) is 12.1 Å². The molecule has 2 rings (SSSR count). The largest absolute Gasteiger partial charge is 0.486 e. The van der Waals surface area contributed by atoms with Crippen LogP contribution in [0.1, 0.15) is 24.9 Å². The number of benzene rings is 1. The van der Waals surface area contributed by atoms with Crippen LogP contribution < -0.4 is 15.2 Å². The average molecular weight is 272 g/mol. The Hall–Kier alpha value is -0.740. The molecule has 4 heteroatoms. The van der Waals surface area contributed by atoms with Gasteiger partial charge in [0.15, 0.2) is 11.5 Å². The highest BCUT2D eigenvalue weighted by Gasteiger charge is 2.17. The second-order valence-electron chi connectivity index (χ2n) is 3.53. The Labute approximate surface area is 97.7 Å². The zero-order chi connectivity index (χ0) is 10.8. The summed E-state index contributed by atoms with van der Waals surface area (Å²) < 4.78 is 12.0. The topological polar surface area (TPSA) is 44.5 Å². The molecule has 1 aliphatic rings. The lowest BCUT2D eigenvalue weighted by atomic mass is 10.0. The Morgan fingerprint density at radius 3 is 2.53 bits per heavy atom. The van der Waals surface area contributed by atoms with Crippen molar-refractivity contribution in [3.63, 3.8) is 0 Å². The molecule has 1 aromatic rings. The van der Waals surface area contributed by atoms with Crippen molar-refractivity contribution in [1.82, 2.24) is 0 Å². The zero-order valence-corrected chi connectivity index (χ0v) is 10.2. The Bertz CT molecular complexity index is 368. The van der Waals surface area contributed by atoms with Crippen LogP contribution in [0.2, 0.25) is 0 Å². The van der Waals surface area contributed by atoms with Crippen molar-refractivity contribution in [2.45, 2.75) is 19.4 Å². The van der Waals surface area contributed by atoms with Gasteiger partial charge in [0.2, 0.25) is 0 Å². The van der Waals surface area contributed by atoms with E-state index in [4.69, 9.17) is 15.2 Å². The zero-order valence-electron chi connectivity index (χ0n) is 8.63. The van der Waals surface area contributed by atoms with Gasteiger partial charge in [-0.2, -0.15) is 0 Å². The Kier molecular flexibility index (Phi) is 3.17. The van der Waals surface area contributed by atoms with Crippen LogP contribution in [0.3, 0.4) is 0 Å². The van der Waals surface area contributed by atoms with Gasteiger partial charge in [0.1, 0.15) is 13.2 Å². The van der Waals surface area contributed by atoms with Crippen molar-refractivity contribution >= 4 is 15.9 Å². The number of hydrogen-bond acceptors (Lipinski definition) is 3. The maximum absolute atomic E-state index is 6.00. The monoisotopic (exact) mass is 271 g/mol. The van der Waals surface area contributed by atoms with Crippen molar-refractivity contribution in [2.24, 2.45) is 5.73 Å². The van der Waals surface area contributed by atoms with E-state index in [0.717, 1.165) is 28.0 Å². The van der Waals surface area contributed by atoms with Gasteiger partial charge in [0, 0.05) is 10.5 Å². The van der Waals surface area contributed by atoms with Gasteiger partial charge >= 0.3 is 0 Å². The molecule has 1 aliphatic heterocycles. The maximum Gasteiger partial charge on any atom is 0.162 e. The molecule has 1 heterocycles. The molecule has 1 atom stereocenters. The third-order valence-corrected chi connectivity index (χ3v) is 3.19. The van der Waals surface area contributed by atoms with E-state index < -0.39 is 0 Å². The van der Waals surface area contributed by atoms with Crippen LogP contribution >= 0.6 is 15.9 Å². The molecule has 82 valence electrons. The molecule has 15 heavy (non-hydrogen) atoms. The summed E-state index contributed by atoms with van der Waals surface area (Å²) in [5, 5.41) is 0. The van der Waals surface area contributed by atoms with Crippen LogP contribution in [-0.2, 0) is 0 Å². The number of rotatable bonds is 2. The molecule has 0 saturated carbocycles. The van der Waals surface area contributed by atoms with Crippen molar-refractivity contribution in [1.29, 1.82) is 0 Å². The number of fused-ring (bicyclic) bond motifs is 1. The molecule has 0 fully saturated rings. The smallest absolute Gasteiger partial charge is 0.162 e. The van der Waals surface area contributed by atoms with Crippen LogP contribution in [0.5, 0.6) is 11.5 Å². The van der Waals surface area contributed by atoms with E-state index >= 15 is 0 Å². The molecule has 0 aliphatic carbocycles. The van der Waals surface area contributed by atoms with Crippen molar-refractivity contribution in [3.8, 4) is 11.5 Å². The minimum Gasteiger partial charge on any atom is -0.486 e. The van der Waals surface area contributed by atoms with Crippen LogP contribution in [0.25, 0.3) is 0 Å². The standard InChI is InChI=1S/C11H14BrNO2/c1-2-9(13)7-5-10-11(6-8(7)12)15-4-3-14-10/h5-6,9H,2-4,13H2,1H3/t9-/m0/s1. The molecule has 0 spiro atoms. The average Bonchev–Trinajstić information content (AvgIpc) is 2.27. The Morgan fingerprint density at radius 1 is 1.33 bits per heavy atom. The summed E-state index contributed by atoms with van der Waals surface area (Å²) in [5.41, 5.74) is 7.07. The molecule has 0 amide bonds. The minimum absolute atomic E-state index is 0.0372. The lowest BCUT2D eigenvalue weighted by Gasteiger charge is -2.21. The molecule has 0 bridgehead atoms. The number of nitrogens with two attached hydrogens (primary N) is 1. The third-order valence-electron chi connectivity index (χ3n) is 2.50. The first-order valence-corrected chi connectivity index (χ1v) is 5.86. The van der Waals surface area contributed by atoms with Gasteiger partial charge < -0.3 is 15.2 Å². The SMILES string of the molecule is CC[C@H](N)c1cc2c(cc1Br)OCCO2. The first-order valence-electron chi connectivity index (χ1n) is 5.07. The molecule has 1 aromatic carbocycles. The second kappa shape index (κ2) is 4.41. The van der Waals surface area contributed by atoms with E-state index in [0.29, 0.717) is 13.2 Å². The highest BCUT2D eigenvalue weighted by molar-refractivity contribution is 9.10. The van der Waals surface area contributed by atoms with E-state index in [-0.39, 0.29) is 6.04 Å². The van der Waals surface area contributed by atoms with E-state index in [1.165, 1.54) is 0 Å². The molecular formula is C11H14BrNO2. The quantitative estimate of drug-likeness (QED) is 0.900. The predicted molar refractivity (Wildman–Crippen MR) is 62.4 cm³/mol. The van der Waals surface area contributed by atoms with Crippen molar-refractivity contribution < 1.29 is 9.47 Å².